The van der Waals surface area contributed by atoms with Crippen molar-refractivity contribution < 1.29 is 9.53 Å². The third kappa shape index (κ3) is 4.56. The van der Waals surface area contributed by atoms with Crippen LogP contribution < -0.4 is 4.90 Å². The molecular formula is C24H32N2O2. The van der Waals surface area contributed by atoms with Crippen LogP contribution in [0, 0.1) is 5.92 Å². The Morgan fingerprint density at radius 2 is 1.79 bits per heavy atom. The summed E-state index contributed by atoms with van der Waals surface area (Å²) in [7, 11) is 2.14. The van der Waals surface area contributed by atoms with Gasteiger partial charge in [-0.15, -0.1) is 0 Å². The third-order valence-electron chi connectivity index (χ3n) is 5.92. The monoisotopic (exact) mass is 380 g/mol. The summed E-state index contributed by atoms with van der Waals surface area (Å²) in [5.41, 5.74) is 1.84. The molecule has 0 radical (unpaired) electrons. The summed E-state index contributed by atoms with van der Waals surface area (Å²) in [4.78, 5) is 17.0. The summed E-state index contributed by atoms with van der Waals surface area (Å²) in [5, 5.41) is 0. The normalized spacial score (nSPS) is 22.6. The van der Waals surface area contributed by atoms with Crippen molar-refractivity contribution in [2.45, 2.75) is 32.3 Å². The number of hydrogen-bond donors (Lipinski definition) is 0. The molecule has 2 unspecified atom stereocenters. The van der Waals surface area contributed by atoms with Crippen LogP contribution in [-0.2, 0) is 15.1 Å². The number of ether oxygens (including phenoxy) is 1. The fourth-order valence-corrected chi connectivity index (χ4v) is 4.14. The fourth-order valence-electron chi connectivity index (χ4n) is 4.14. The number of nitrogens with zero attached hydrogens (tertiary/aromatic N) is 2. The second kappa shape index (κ2) is 9.24. The Hall–Kier alpha value is -2.33. The van der Waals surface area contributed by atoms with Gasteiger partial charge in [-0.2, -0.15) is 0 Å². The average Bonchev–Trinajstić information content (AvgIpc) is 2.75. The molecule has 2 aromatic carbocycles. The van der Waals surface area contributed by atoms with E-state index in [0.717, 1.165) is 38.2 Å². The first kappa shape index (κ1) is 20.4. The number of likely N-dealkylation sites (tertiary alicyclic amines) is 1. The molecule has 0 spiro atoms. The van der Waals surface area contributed by atoms with Crippen LogP contribution in [0.15, 0.2) is 60.7 Å². The maximum absolute atomic E-state index is 12.2. The second-order valence-electron chi connectivity index (χ2n) is 7.79. The number of para-hydroxylation sites is 1. The molecule has 0 N–H and O–H groups in total. The lowest BCUT2D eigenvalue weighted by Crippen LogP contribution is -2.52. The van der Waals surface area contributed by atoms with Crippen LogP contribution in [-0.4, -0.2) is 44.1 Å². The number of likely N-dealkylation sites (N-methyl/N-ethyl adjacent to an activating group) is 1. The van der Waals surface area contributed by atoms with Gasteiger partial charge >= 0.3 is 5.97 Å². The van der Waals surface area contributed by atoms with Gasteiger partial charge in [-0.25, -0.2) is 0 Å². The highest BCUT2D eigenvalue weighted by atomic mass is 16.6. The standard InChI is InChI=1S/C24H32N2O2/c1-4-23(27)28-24(21-11-7-5-8-12-21)15-16-26(19-20(24)2)18-17-25(3)22-13-9-6-10-14-22/h5-14,20H,4,15-19H2,1-3H3. The Morgan fingerprint density at radius 3 is 2.39 bits per heavy atom. The largest absolute Gasteiger partial charge is 0.454 e. The van der Waals surface area contributed by atoms with E-state index in [4.69, 9.17) is 4.74 Å². The maximum Gasteiger partial charge on any atom is 0.306 e. The highest BCUT2D eigenvalue weighted by molar-refractivity contribution is 5.69. The number of anilines is 1. The lowest BCUT2D eigenvalue weighted by Gasteiger charge is -2.46. The van der Waals surface area contributed by atoms with Crippen molar-refractivity contribution in [3.8, 4) is 0 Å². The molecular weight excluding hydrogens is 348 g/mol. The highest BCUT2D eigenvalue weighted by Crippen LogP contribution is 2.41. The van der Waals surface area contributed by atoms with E-state index in [-0.39, 0.29) is 11.9 Å². The van der Waals surface area contributed by atoms with Crippen LogP contribution >= 0.6 is 0 Å². The summed E-state index contributed by atoms with van der Waals surface area (Å²) in [6.07, 6.45) is 1.24. The molecule has 0 saturated carbocycles. The van der Waals surface area contributed by atoms with Gasteiger partial charge in [-0.1, -0.05) is 62.4 Å². The predicted molar refractivity (Wildman–Crippen MR) is 114 cm³/mol. The van der Waals surface area contributed by atoms with Crippen LogP contribution in [0.3, 0.4) is 0 Å². The minimum absolute atomic E-state index is 0.118. The van der Waals surface area contributed by atoms with Crippen LogP contribution in [0.5, 0.6) is 0 Å². The molecule has 1 fully saturated rings. The molecule has 0 bridgehead atoms. The van der Waals surface area contributed by atoms with E-state index in [0.29, 0.717) is 6.42 Å². The van der Waals surface area contributed by atoms with Gasteiger partial charge in [-0.3, -0.25) is 4.79 Å². The summed E-state index contributed by atoms with van der Waals surface area (Å²) in [5.74, 6) is 0.120. The van der Waals surface area contributed by atoms with Gasteiger partial charge in [-0.05, 0) is 17.7 Å². The minimum atomic E-state index is -0.518. The van der Waals surface area contributed by atoms with Gasteiger partial charge in [0, 0.05) is 57.7 Å². The van der Waals surface area contributed by atoms with Crippen LogP contribution in [0.25, 0.3) is 0 Å². The number of rotatable bonds is 7. The van der Waals surface area contributed by atoms with E-state index in [9.17, 15) is 4.79 Å². The Labute approximate surface area is 169 Å². The zero-order valence-electron chi connectivity index (χ0n) is 17.3. The fraction of sp³-hybridized carbons (Fsp3) is 0.458. The van der Waals surface area contributed by atoms with Crippen LogP contribution in [0.4, 0.5) is 5.69 Å². The molecule has 1 heterocycles. The van der Waals surface area contributed by atoms with Crippen molar-refractivity contribution >= 4 is 11.7 Å². The van der Waals surface area contributed by atoms with Crippen LogP contribution in [0.2, 0.25) is 0 Å². The van der Waals surface area contributed by atoms with Gasteiger partial charge in [0.1, 0.15) is 5.60 Å². The molecule has 4 nitrogen and oxygen atoms in total. The lowest BCUT2D eigenvalue weighted by molar-refractivity contribution is -0.175. The Kier molecular flexibility index (Phi) is 6.74. The van der Waals surface area contributed by atoms with Gasteiger partial charge in [0.2, 0.25) is 0 Å². The van der Waals surface area contributed by atoms with E-state index < -0.39 is 5.60 Å². The number of benzene rings is 2. The lowest BCUT2D eigenvalue weighted by atomic mass is 9.76. The van der Waals surface area contributed by atoms with E-state index in [1.807, 2.05) is 31.2 Å². The molecule has 28 heavy (non-hydrogen) atoms. The summed E-state index contributed by atoms with van der Waals surface area (Å²) in [6, 6.07) is 20.7. The molecule has 0 aliphatic carbocycles. The number of esters is 1. The number of hydrogen-bond acceptors (Lipinski definition) is 4. The molecule has 1 saturated heterocycles. The quantitative estimate of drug-likeness (QED) is 0.670. The molecule has 0 aromatic heterocycles. The highest BCUT2D eigenvalue weighted by Gasteiger charge is 2.45. The molecule has 150 valence electrons. The van der Waals surface area contributed by atoms with E-state index in [1.54, 1.807) is 0 Å². The third-order valence-corrected chi connectivity index (χ3v) is 5.92. The SMILES string of the molecule is CCC(=O)OC1(c2ccccc2)CCN(CCN(C)c2ccccc2)CC1C. The zero-order valence-corrected chi connectivity index (χ0v) is 17.3. The van der Waals surface area contributed by atoms with Crippen molar-refractivity contribution in [2.24, 2.45) is 5.92 Å². The van der Waals surface area contributed by atoms with Crippen molar-refractivity contribution in [2.75, 3.05) is 38.1 Å². The minimum Gasteiger partial charge on any atom is -0.454 e. The van der Waals surface area contributed by atoms with Crippen LogP contribution in [0.1, 0.15) is 32.3 Å². The van der Waals surface area contributed by atoms with Gasteiger partial charge in [0.25, 0.3) is 0 Å². The molecule has 4 heteroatoms. The molecule has 1 aliphatic heterocycles. The Balaban J connectivity index is 1.67. The molecule has 3 rings (SSSR count). The first-order chi connectivity index (χ1) is 13.5. The smallest absolute Gasteiger partial charge is 0.306 e. The van der Waals surface area contributed by atoms with E-state index >= 15 is 0 Å². The topological polar surface area (TPSA) is 32.8 Å². The average molecular weight is 381 g/mol. The Bertz CT molecular complexity index is 750. The first-order valence-corrected chi connectivity index (χ1v) is 10.3. The second-order valence-corrected chi connectivity index (χ2v) is 7.79. The summed E-state index contributed by atoms with van der Waals surface area (Å²) in [6.45, 7) is 7.91. The van der Waals surface area contributed by atoms with E-state index in [2.05, 4.69) is 60.2 Å². The molecule has 2 aromatic rings. The van der Waals surface area contributed by atoms with Crippen molar-refractivity contribution in [3.05, 3.63) is 66.2 Å². The first-order valence-electron chi connectivity index (χ1n) is 10.3. The summed E-state index contributed by atoms with van der Waals surface area (Å²) < 4.78 is 6.09. The predicted octanol–water partition coefficient (Wildman–Crippen LogP) is 4.31. The van der Waals surface area contributed by atoms with Crippen molar-refractivity contribution in [1.82, 2.24) is 4.90 Å². The van der Waals surface area contributed by atoms with Gasteiger partial charge < -0.3 is 14.5 Å². The Morgan fingerprint density at radius 1 is 1.14 bits per heavy atom. The van der Waals surface area contributed by atoms with Crippen molar-refractivity contribution in [3.63, 3.8) is 0 Å². The molecule has 1 aliphatic rings. The molecule has 0 amide bonds. The zero-order chi connectivity index (χ0) is 20.0. The van der Waals surface area contributed by atoms with E-state index in [1.165, 1.54) is 5.69 Å². The summed E-state index contributed by atoms with van der Waals surface area (Å²) >= 11 is 0. The number of carbonyl (C=O) groups is 1. The van der Waals surface area contributed by atoms with Crippen molar-refractivity contribution in [1.29, 1.82) is 0 Å². The molecule has 2 atom stereocenters. The number of carbonyl (C=O) groups excluding carboxylic acids is 1. The maximum atomic E-state index is 12.2. The van der Waals surface area contributed by atoms with Gasteiger partial charge in [0.05, 0.1) is 0 Å². The van der Waals surface area contributed by atoms with Gasteiger partial charge in [0.15, 0.2) is 0 Å². The number of piperidine rings is 1.